The lowest BCUT2D eigenvalue weighted by Crippen LogP contribution is -2.47. The van der Waals surface area contributed by atoms with E-state index in [0.29, 0.717) is 17.3 Å². The van der Waals surface area contributed by atoms with Crippen molar-refractivity contribution in [3.8, 4) is 0 Å². The number of rotatable bonds is 3. The number of halogens is 1. The third-order valence-electron chi connectivity index (χ3n) is 5.46. The van der Waals surface area contributed by atoms with Crippen molar-refractivity contribution in [1.29, 1.82) is 0 Å². The molecule has 0 saturated carbocycles. The summed E-state index contributed by atoms with van der Waals surface area (Å²) in [7, 11) is 0. The first-order valence-electron chi connectivity index (χ1n) is 9.37. The van der Waals surface area contributed by atoms with Gasteiger partial charge in [0.25, 0.3) is 5.91 Å². The number of fused-ring (bicyclic) bond motifs is 4. The summed E-state index contributed by atoms with van der Waals surface area (Å²) in [6.07, 6.45) is 2.12. The van der Waals surface area contributed by atoms with Crippen molar-refractivity contribution in [3.63, 3.8) is 0 Å². The predicted molar refractivity (Wildman–Crippen MR) is 100 cm³/mol. The molecule has 5 rings (SSSR count). The standard InChI is InChI=1S/C20H24FN5O/c1-13-8-18(24-20(22)23-13)19(27)26-11-15-4-7-17(26)12-25(10-15)9-14-2-5-16(21)6-3-14/h2-3,5-6,8,15,17H,4,7,9-12H2,1H3,(H2,22,23,24)/t15-,17+/m0/s1. The van der Waals surface area contributed by atoms with E-state index in [-0.39, 0.29) is 23.7 Å². The van der Waals surface area contributed by atoms with Gasteiger partial charge in [-0.1, -0.05) is 12.1 Å². The zero-order valence-electron chi connectivity index (χ0n) is 15.4. The molecule has 4 heterocycles. The Morgan fingerprint density at radius 1 is 1.19 bits per heavy atom. The summed E-state index contributed by atoms with van der Waals surface area (Å²) < 4.78 is 13.1. The SMILES string of the molecule is Cc1cc(C(=O)N2C[C@H]3CC[C@@H]2CN(Cc2ccc(F)cc2)C3)nc(N)n1. The van der Waals surface area contributed by atoms with Crippen molar-refractivity contribution in [2.24, 2.45) is 5.92 Å². The average Bonchev–Trinajstić information content (AvgIpc) is 2.93. The number of nitrogen functional groups attached to an aromatic ring is 1. The molecule has 0 aliphatic carbocycles. The van der Waals surface area contributed by atoms with Crippen LogP contribution in [0, 0.1) is 18.7 Å². The van der Waals surface area contributed by atoms with Gasteiger partial charge in [-0.05, 0) is 49.4 Å². The number of anilines is 1. The molecule has 0 spiro atoms. The average molecular weight is 369 g/mol. The fraction of sp³-hybridized carbons (Fsp3) is 0.450. The maximum atomic E-state index is 13.1. The van der Waals surface area contributed by atoms with E-state index in [1.54, 1.807) is 6.07 Å². The number of carbonyl (C=O) groups is 1. The van der Waals surface area contributed by atoms with Crippen LogP contribution >= 0.6 is 0 Å². The van der Waals surface area contributed by atoms with Crippen LogP contribution < -0.4 is 5.73 Å². The van der Waals surface area contributed by atoms with Gasteiger partial charge in [0, 0.05) is 37.9 Å². The van der Waals surface area contributed by atoms with Gasteiger partial charge in [0.2, 0.25) is 5.95 Å². The first-order valence-corrected chi connectivity index (χ1v) is 9.37. The summed E-state index contributed by atoms with van der Waals surface area (Å²) in [5, 5.41) is 0. The van der Waals surface area contributed by atoms with Crippen LogP contribution in [0.5, 0.6) is 0 Å². The highest BCUT2D eigenvalue weighted by atomic mass is 19.1. The Bertz CT molecular complexity index is 821. The molecule has 142 valence electrons. The van der Waals surface area contributed by atoms with Crippen molar-refractivity contribution in [1.82, 2.24) is 19.8 Å². The maximum Gasteiger partial charge on any atom is 0.272 e. The summed E-state index contributed by atoms with van der Waals surface area (Å²) in [4.78, 5) is 25.6. The number of aryl methyl sites for hydroxylation is 1. The molecule has 2 aromatic rings. The van der Waals surface area contributed by atoms with Gasteiger partial charge in [0.05, 0.1) is 0 Å². The van der Waals surface area contributed by atoms with E-state index in [4.69, 9.17) is 5.73 Å². The topological polar surface area (TPSA) is 75.4 Å². The molecule has 3 aliphatic heterocycles. The van der Waals surface area contributed by atoms with Crippen molar-refractivity contribution in [2.75, 3.05) is 25.4 Å². The van der Waals surface area contributed by atoms with Gasteiger partial charge < -0.3 is 10.6 Å². The summed E-state index contributed by atoms with van der Waals surface area (Å²) in [6.45, 7) is 5.09. The zero-order chi connectivity index (χ0) is 19.0. The lowest BCUT2D eigenvalue weighted by atomic mass is 9.94. The quantitative estimate of drug-likeness (QED) is 0.898. The van der Waals surface area contributed by atoms with Crippen LogP contribution in [0.1, 0.15) is 34.6 Å². The first kappa shape index (κ1) is 17.9. The van der Waals surface area contributed by atoms with E-state index < -0.39 is 0 Å². The summed E-state index contributed by atoms with van der Waals surface area (Å²) in [6, 6.07) is 8.52. The monoisotopic (exact) mass is 369 g/mol. The van der Waals surface area contributed by atoms with Crippen molar-refractivity contribution >= 4 is 11.9 Å². The van der Waals surface area contributed by atoms with Crippen LogP contribution in [-0.2, 0) is 6.54 Å². The number of benzene rings is 1. The molecule has 6 nitrogen and oxygen atoms in total. The molecular formula is C20H24FN5O. The summed E-state index contributed by atoms with van der Waals surface area (Å²) >= 11 is 0. The van der Waals surface area contributed by atoms with Crippen LogP contribution in [0.25, 0.3) is 0 Å². The van der Waals surface area contributed by atoms with Crippen LogP contribution in [-0.4, -0.2) is 51.4 Å². The number of hydrogen-bond acceptors (Lipinski definition) is 5. The third-order valence-corrected chi connectivity index (χ3v) is 5.46. The predicted octanol–water partition coefficient (Wildman–Crippen LogP) is 2.24. The second-order valence-corrected chi connectivity index (χ2v) is 7.63. The molecule has 2 atom stereocenters. The smallest absolute Gasteiger partial charge is 0.272 e. The van der Waals surface area contributed by atoms with Crippen LogP contribution in [0.15, 0.2) is 30.3 Å². The molecule has 3 fully saturated rings. The molecule has 1 aromatic carbocycles. The van der Waals surface area contributed by atoms with Crippen molar-refractivity contribution in [3.05, 3.63) is 53.1 Å². The summed E-state index contributed by atoms with van der Waals surface area (Å²) in [5.41, 5.74) is 7.89. The number of nitrogens with two attached hydrogens (primary N) is 1. The summed E-state index contributed by atoms with van der Waals surface area (Å²) in [5.74, 6) is 0.293. The number of nitrogens with zero attached hydrogens (tertiary/aromatic N) is 4. The fourth-order valence-electron chi connectivity index (χ4n) is 4.25. The third kappa shape index (κ3) is 3.93. The minimum atomic E-state index is -0.217. The minimum Gasteiger partial charge on any atom is -0.368 e. The van der Waals surface area contributed by atoms with Gasteiger partial charge in [-0.3, -0.25) is 9.69 Å². The maximum absolute atomic E-state index is 13.1. The van der Waals surface area contributed by atoms with E-state index in [1.807, 2.05) is 24.0 Å². The molecule has 1 amide bonds. The van der Waals surface area contributed by atoms with Crippen LogP contribution in [0.3, 0.4) is 0 Å². The van der Waals surface area contributed by atoms with Gasteiger partial charge in [-0.25, -0.2) is 14.4 Å². The highest BCUT2D eigenvalue weighted by Gasteiger charge is 2.37. The molecule has 3 aliphatic rings. The molecule has 3 saturated heterocycles. The minimum absolute atomic E-state index is 0.0643. The van der Waals surface area contributed by atoms with Gasteiger partial charge >= 0.3 is 0 Å². The Hall–Kier alpha value is -2.54. The Labute approximate surface area is 158 Å². The lowest BCUT2D eigenvalue weighted by molar-refractivity contribution is 0.0578. The van der Waals surface area contributed by atoms with Gasteiger partial charge in [-0.2, -0.15) is 0 Å². The number of aromatic nitrogens is 2. The largest absolute Gasteiger partial charge is 0.368 e. The Morgan fingerprint density at radius 2 is 1.96 bits per heavy atom. The van der Waals surface area contributed by atoms with Crippen molar-refractivity contribution in [2.45, 2.75) is 32.4 Å². The molecule has 7 heteroatoms. The van der Waals surface area contributed by atoms with E-state index in [1.165, 1.54) is 12.1 Å². The fourth-order valence-corrected chi connectivity index (χ4v) is 4.25. The Kier molecular flexibility index (Phi) is 4.78. The Morgan fingerprint density at radius 3 is 2.70 bits per heavy atom. The van der Waals surface area contributed by atoms with E-state index in [2.05, 4.69) is 14.9 Å². The van der Waals surface area contributed by atoms with E-state index in [0.717, 1.165) is 44.6 Å². The highest BCUT2D eigenvalue weighted by Crippen LogP contribution is 2.30. The number of carbonyl (C=O) groups excluding carboxylic acids is 1. The zero-order valence-corrected chi connectivity index (χ0v) is 15.4. The molecular weight excluding hydrogens is 345 g/mol. The van der Waals surface area contributed by atoms with E-state index in [9.17, 15) is 9.18 Å². The van der Waals surface area contributed by atoms with Crippen molar-refractivity contribution < 1.29 is 9.18 Å². The lowest BCUT2D eigenvalue weighted by Gasteiger charge is -2.36. The molecule has 0 unspecified atom stereocenters. The normalized spacial score (nSPS) is 22.7. The van der Waals surface area contributed by atoms with Crippen LogP contribution in [0.2, 0.25) is 0 Å². The molecule has 27 heavy (non-hydrogen) atoms. The Balaban J connectivity index is 1.50. The van der Waals surface area contributed by atoms with Gasteiger partial charge in [0.15, 0.2) is 0 Å². The highest BCUT2D eigenvalue weighted by molar-refractivity contribution is 5.93. The number of piperidine rings is 1. The van der Waals surface area contributed by atoms with Crippen LogP contribution in [0.4, 0.5) is 10.3 Å². The van der Waals surface area contributed by atoms with E-state index >= 15 is 0 Å². The number of amides is 1. The second kappa shape index (κ2) is 7.23. The molecule has 1 aromatic heterocycles. The number of hydrogen-bond donors (Lipinski definition) is 1. The second-order valence-electron chi connectivity index (χ2n) is 7.63. The van der Waals surface area contributed by atoms with Gasteiger partial charge in [0.1, 0.15) is 11.5 Å². The van der Waals surface area contributed by atoms with Gasteiger partial charge in [-0.15, -0.1) is 0 Å². The first-order chi connectivity index (χ1) is 13.0. The molecule has 2 N–H and O–H groups in total. The molecule has 2 bridgehead atoms. The molecule has 0 radical (unpaired) electrons.